The molecule has 0 fully saturated rings. The van der Waals surface area contributed by atoms with Gasteiger partial charge in [0.25, 0.3) is 5.91 Å². The zero-order valence-electron chi connectivity index (χ0n) is 14.9. The van der Waals surface area contributed by atoms with Crippen LogP contribution in [0.1, 0.15) is 22.8 Å². The highest BCUT2D eigenvalue weighted by Gasteiger charge is 2.30. The molecule has 144 valence electrons. The Labute approximate surface area is 159 Å². The Hall–Kier alpha value is -3.35. The van der Waals surface area contributed by atoms with Crippen molar-refractivity contribution in [2.24, 2.45) is 5.73 Å². The van der Waals surface area contributed by atoms with Crippen LogP contribution < -0.4 is 11.1 Å². The van der Waals surface area contributed by atoms with Crippen molar-refractivity contribution in [1.29, 1.82) is 0 Å². The van der Waals surface area contributed by atoms with Gasteiger partial charge in [0.2, 0.25) is 5.91 Å². The molecule has 28 heavy (non-hydrogen) atoms. The molecule has 1 atom stereocenters. The van der Waals surface area contributed by atoms with Gasteiger partial charge in [-0.15, -0.1) is 0 Å². The summed E-state index contributed by atoms with van der Waals surface area (Å²) in [5, 5.41) is 4.05. The Morgan fingerprint density at radius 3 is 2.29 bits per heavy atom. The third kappa shape index (κ3) is 3.98. The highest BCUT2D eigenvalue weighted by molar-refractivity contribution is 6.03. The third-order valence-corrected chi connectivity index (χ3v) is 4.44. The molecule has 0 unspecified atom stereocenters. The fourth-order valence-corrected chi connectivity index (χ4v) is 2.87. The van der Waals surface area contributed by atoms with Crippen molar-refractivity contribution < 1.29 is 22.8 Å². The fourth-order valence-electron chi connectivity index (χ4n) is 2.87. The van der Waals surface area contributed by atoms with Crippen LogP contribution in [-0.2, 0) is 11.0 Å². The normalized spacial score (nSPS) is 12.6. The number of nitrogens with two attached hydrogens (primary N) is 1. The highest BCUT2D eigenvalue weighted by Crippen LogP contribution is 2.33. The number of rotatable bonds is 4. The molecule has 4 nitrogen and oxygen atoms in total. The maximum absolute atomic E-state index is 12.8. The molecule has 0 spiro atoms. The lowest BCUT2D eigenvalue weighted by molar-refractivity contribution is -0.137. The maximum Gasteiger partial charge on any atom is 0.416 e. The lowest BCUT2D eigenvalue weighted by Crippen LogP contribution is -2.42. The molecule has 0 aromatic heterocycles. The Morgan fingerprint density at radius 1 is 1.00 bits per heavy atom. The van der Waals surface area contributed by atoms with E-state index in [-0.39, 0.29) is 0 Å². The van der Waals surface area contributed by atoms with Crippen molar-refractivity contribution >= 4 is 22.6 Å². The zero-order chi connectivity index (χ0) is 20.5. The summed E-state index contributed by atoms with van der Waals surface area (Å²) in [6, 6.07) is 14.5. The van der Waals surface area contributed by atoms with Crippen LogP contribution in [0.25, 0.3) is 21.9 Å². The number of carbonyl (C=O) groups is 2. The largest absolute Gasteiger partial charge is 0.416 e. The number of halogens is 3. The molecule has 0 saturated heterocycles. The molecule has 7 heteroatoms. The van der Waals surface area contributed by atoms with Gasteiger partial charge in [0.15, 0.2) is 0 Å². The van der Waals surface area contributed by atoms with Crippen LogP contribution in [0.15, 0.2) is 60.7 Å². The number of hydrogen-bond donors (Lipinski definition) is 2. The molecular weight excluding hydrogens is 369 g/mol. The second-order valence-electron chi connectivity index (χ2n) is 6.41. The number of nitrogens with one attached hydrogen (secondary N) is 1. The third-order valence-electron chi connectivity index (χ3n) is 4.44. The molecule has 0 aliphatic carbocycles. The zero-order valence-corrected chi connectivity index (χ0v) is 14.9. The van der Waals surface area contributed by atoms with Crippen molar-refractivity contribution in [3.63, 3.8) is 0 Å². The average Bonchev–Trinajstić information content (AvgIpc) is 2.66. The van der Waals surface area contributed by atoms with Crippen LogP contribution in [0.5, 0.6) is 0 Å². The van der Waals surface area contributed by atoms with Crippen molar-refractivity contribution in [3.05, 3.63) is 71.8 Å². The fraction of sp³-hybridized carbons (Fsp3) is 0.143. The summed E-state index contributed by atoms with van der Waals surface area (Å²) in [4.78, 5) is 23.4. The summed E-state index contributed by atoms with van der Waals surface area (Å²) in [5.41, 5.74) is 6.18. The predicted octanol–water partition coefficient (Wildman–Crippen LogP) is 4.13. The van der Waals surface area contributed by atoms with E-state index in [1.54, 1.807) is 36.4 Å². The average molecular weight is 386 g/mol. The van der Waals surface area contributed by atoms with Gasteiger partial charge >= 0.3 is 6.18 Å². The van der Waals surface area contributed by atoms with Gasteiger partial charge in [-0.1, -0.05) is 36.4 Å². The second-order valence-corrected chi connectivity index (χ2v) is 6.41. The molecular formula is C21H17F3N2O2. The molecule has 3 rings (SSSR count). The minimum atomic E-state index is -4.39. The minimum absolute atomic E-state index is 0.352. The number of primary amides is 1. The number of amides is 2. The van der Waals surface area contributed by atoms with E-state index in [0.29, 0.717) is 11.1 Å². The van der Waals surface area contributed by atoms with Crippen LogP contribution in [0.4, 0.5) is 13.2 Å². The Morgan fingerprint density at radius 2 is 1.68 bits per heavy atom. The SMILES string of the molecule is C[C@@H](NC(=O)c1ccc2c(-c3ccc(C(F)(F)F)cc3)cccc2c1)C(N)=O. The lowest BCUT2D eigenvalue weighted by Gasteiger charge is -2.12. The molecule has 0 bridgehead atoms. The van der Waals surface area contributed by atoms with E-state index in [4.69, 9.17) is 5.73 Å². The molecule has 0 aliphatic heterocycles. The Balaban J connectivity index is 1.96. The molecule has 3 N–H and O–H groups in total. The number of benzene rings is 3. The lowest BCUT2D eigenvalue weighted by atomic mass is 9.96. The van der Waals surface area contributed by atoms with Crippen LogP contribution >= 0.6 is 0 Å². The van der Waals surface area contributed by atoms with Gasteiger partial charge in [0, 0.05) is 5.56 Å². The Bertz CT molecular complexity index is 1040. The van der Waals surface area contributed by atoms with Gasteiger partial charge < -0.3 is 11.1 Å². The van der Waals surface area contributed by atoms with E-state index in [1.165, 1.54) is 19.1 Å². The summed E-state index contributed by atoms with van der Waals surface area (Å²) in [5.74, 6) is -1.08. The van der Waals surface area contributed by atoms with Crippen molar-refractivity contribution in [2.45, 2.75) is 19.1 Å². The first-order valence-electron chi connectivity index (χ1n) is 8.47. The van der Waals surface area contributed by atoms with Gasteiger partial charge in [-0.25, -0.2) is 0 Å². The molecule has 0 heterocycles. The summed E-state index contributed by atoms with van der Waals surface area (Å²) in [6.07, 6.45) is -4.39. The molecule has 3 aromatic carbocycles. The first kappa shape index (κ1) is 19.4. The topological polar surface area (TPSA) is 72.2 Å². The van der Waals surface area contributed by atoms with Gasteiger partial charge in [0.1, 0.15) is 6.04 Å². The van der Waals surface area contributed by atoms with Gasteiger partial charge in [-0.2, -0.15) is 13.2 Å². The van der Waals surface area contributed by atoms with E-state index in [2.05, 4.69) is 5.32 Å². The van der Waals surface area contributed by atoms with E-state index in [0.717, 1.165) is 28.5 Å². The standard InChI is InChI=1S/C21H17F3N2O2/c1-12(19(25)27)26-20(28)15-7-10-18-14(11-15)3-2-4-17(18)13-5-8-16(9-6-13)21(22,23)24/h2-12H,1H3,(H2,25,27)(H,26,28)/t12-/m1/s1. The smallest absolute Gasteiger partial charge is 0.368 e. The number of carbonyl (C=O) groups excluding carboxylic acids is 2. The molecule has 0 aliphatic rings. The second kappa shape index (κ2) is 7.34. The van der Waals surface area contributed by atoms with Crippen molar-refractivity contribution in [3.8, 4) is 11.1 Å². The number of hydrogen-bond acceptors (Lipinski definition) is 2. The molecule has 3 aromatic rings. The summed E-state index contributed by atoms with van der Waals surface area (Å²) in [7, 11) is 0. The van der Waals surface area contributed by atoms with Gasteiger partial charge in [-0.3, -0.25) is 9.59 Å². The predicted molar refractivity (Wildman–Crippen MR) is 101 cm³/mol. The van der Waals surface area contributed by atoms with E-state index >= 15 is 0 Å². The summed E-state index contributed by atoms with van der Waals surface area (Å²) >= 11 is 0. The molecule has 0 saturated carbocycles. The molecule has 2 amide bonds. The Kier molecular flexibility index (Phi) is 5.09. The van der Waals surface area contributed by atoms with Crippen LogP contribution in [-0.4, -0.2) is 17.9 Å². The van der Waals surface area contributed by atoms with E-state index < -0.39 is 29.6 Å². The monoisotopic (exact) mass is 386 g/mol. The number of alkyl halides is 3. The van der Waals surface area contributed by atoms with Crippen molar-refractivity contribution in [1.82, 2.24) is 5.32 Å². The van der Waals surface area contributed by atoms with Gasteiger partial charge in [0.05, 0.1) is 5.56 Å². The first-order valence-corrected chi connectivity index (χ1v) is 8.47. The maximum atomic E-state index is 12.8. The summed E-state index contributed by atoms with van der Waals surface area (Å²) in [6.45, 7) is 1.49. The highest BCUT2D eigenvalue weighted by atomic mass is 19.4. The van der Waals surface area contributed by atoms with Crippen LogP contribution in [0.3, 0.4) is 0 Å². The number of fused-ring (bicyclic) bond motifs is 1. The molecule has 0 radical (unpaired) electrons. The summed E-state index contributed by atoms with van der Waals surface area (Å²) < 4.78 is 38.3. The van der Waals surface area contributed by atoms with Crippen LogP contribution in [0.2, 0.25) is 0 Å². The van der Waals surface area contributed by atoms with Crippen molar-refractivity contribution in [2.75, 3.05) is 0 Å². The van der Waals surface area contributed by atoms with Crippen LogP contribution in [0, 0.1) is 0 Å². The first-order chi connectivity index (χ1) is 13.2. The van der Waals surface area contributed by atoms with E-state index in [1.807, 2.05) is 0 Å². The van der Waals surface area contributed by atoms with E-state index in [9.17, 15) is 22.8 Å². The minimum Gasteiger partial charge on any atom is -0.368 e. The van der Waals surface area contributed by atoms with Gasteiger partial charge in [-0.05, 0) is 53.1 Å². The quantitative estimate of drug-likeness (QED) is 0.708.